The second kappa shape index (κ2) is 7.24. The first-order valence-electron chi connectivity index (χ1n) is 9.46. The number of hydrogen-bond donors (Lipinski definition) is 0. The molecule has 7 heteroatoms. The Morgan fingerprint density at radius 3 is 2.66 bits per heavy atom. The number of amides is 1. The first kappa shape index (κ1) is 19.0. The molecule has 2 aromatic carbocycles. The largest absolute Gasteiger partial charge is 0.294 e. The van der Waals surface area contributed by atoms with Crippen LogP contribution < -0.4 is 4.90 Å². The van der Waals surface area contributed by atoms with Crippen LogP contribution in [-0.2, 0) is 9.59 Å². The van der Waals surface area contributed by atoms with Gasteiger partial charge in [0.25, 0.3) is 5.69 Å². The fourth-order valence-corrected chi connectivity index (χ4v) is 4.25. The lowest BCUT2D eigenvalue weighted by Gasteiger charge is -2.38. The molecule has 1 heterocycles. The Kier molecular flexibility index (Phi) is 4.74. The van der Waals surface area contributed by atoms with Gasteiger partial charge in [-0.1, -0.05) is 18.2 Å². The zero-order valence-electron chi connectivity index (χ0n) is 15.9. The number of halogens is 1. The van der Waals surface area contributed by atoms with Gasteiger partial charge in [0.1, 0.15) is 11.5 Å². The van der Waals surface area contributed by atoms with Crippen molar-refractivity contribution in [1.82, 2.24) is 0 Å². The molecule has 1 atom stereocenters. The summed E-state index contributed by atoms with van der Waals surface area (Å²) < 4.78 is 13.8. The smallest absolute Gasteiger partial charge is 0.293 e. The van der Waals surface area contributed by atoms with Crippen LogP contribution in [0.4, 0.5) is 15.8 Å². The number of nitro benzene ring substituents is 1. The van der Waals surface area contributed by atoms with E-state index in [-0.39, 0.29) is 29.5 Å². The van der Waals surface area contributed by atoms with Crippen LogP contribution in [-0.4, -0.2) is 16.6 Å². The van der Waals surface area contributed by atoms with Crippen LogP contribution in [0.1, 0.15) is 42.7 Å². The van der Waals surface area contributed by atoms with Gasteiger partial charge in [0.05, 0.1) is 4.92 Å². The lowest BCUT2D eigenvalue weighted by atomic mass is 9.77. The number of carbonyl (C=O) groups excluding carboxylic acids is 2. The topological polar surface area (TPSA) is 80.5 Å². The number of ketones is 1. The molecule has 2 aliphatic rings. The van der Waals surface area contributed by atoms with Crippen molar-refractivity contribution in [2.24, 2.45) is 0 Å². The minimum atomic E-state index is -0.540. The highest BCUT2D eigenvalue weighted by Crippen LogP contribution is 2.45. The normalized spacial score (nSPS) is 19.4. The number of nitrogens with zero attached hydrogens (tertiary/aromatic N) is 2. The molecule has 6 nitrogen and oxygen atoms in total. The molecule has 0 aromatic heterocycles. The van der Waals surface area contributed by atoms with Crippen molar-refractivity contribution in [2.75, 3.05) is 4.90 Å². The molecule has 1 aliphatic heterocycles. The third kappa shape index (κ3) is 3.33. The second-order valence-electron chi connectivity index (χ2n) is 7.43. The van der Waals surface area contributed by atoms with Crippen molar-refractivity contribution in [2.45, 2.75) is 38.5 Å². The number of rotatable bonds is 3. The molecule has 1 unspecified atom stereocenters. The lowest BCUT2D eigenvalue weighted by Crippen LogP contribution is -2.40. The maximum absolute atomic E-state index is 13.8. The third-order valence-corrected chi connectivity index (χ3v) is 5.49. The summed E-state index contributed by atoms with van der Waals surface area (Å²) >= 11 is 0. The highest BCUT2D eigenvalue weighted by atomic mass is 19.1. The van der Waals surface area contributed by atoms with Crippen LogP contribution in [0.15, 0.2) is 53.7 Å². The van der Waals surface area contributed by atoms with E-state index in [0.717, 1.165) is 0 Å². The minimum Gasteiger partial charge on any atom is -0.294 e. The summed E-state index contributed by atoms with van der Waals surface area (Å²) in [5, 5.41) is 11.6. The molecule has 148 valence electrons. The van der Waals surface area contributed by atoms with Gasteiger partial charge in [0.15, 0.2) is 5.78 Å². The van der Waals surface area contributed by atoms with Crippen LogP contribution in [0.25, 0.3) is 0 Å². The Balaban J connectivity index is 1.91. The van der Waals surface area contributed by atoms with Gasteiger partial charge in [-0.05, 0) is 49.1 Å². The molecular weight excluding hydrogens is 375 g/mol. The molecule has 0 saturated carbocycles. The Bertz CT molecular complexity index is 1080. The zero-order chi connectivity index (χ0) is 20.7. The Labute approximate surface area is 166 Å². The molecule has 4 rings (SSSR count). The summed E-state index contributed by atoms with van der Waals surface area (Å²) in [6.45, 7) is 1.74. The number of nitro groups is 1. The molecular formula is C22H19FN2O4. The van der Waals surface area contributed by atoms with E-state index < -0.39 is 16.7 Å². The van der Waals surface area contributed by atoms with Gasteiger partial charge in [0, 0.05) is 36.1 Å². The summed E-state index contributed by atoms with van der Waals surface area (Å²) in [5.74, 6) is -1.40. The van der Waals surface area contributed by atoms with Crippen molar-refractivity contribution in [3.63, 3.8) is 0 Å². The predicted octanol–water partition coefficient (Wildman–Crippen LogP) is 4.57. The van der Waals surface area contributed by atoms with E-state index >= 15 is 0 Å². The van der Waals surface area contributed by atoms with Crippen LogP contribution >= 0.6 is 0 Å². The van der Waals surface area contributed by atoms with E-state index in [2.05, 4.69) is 0 Å². The first-order valence-corrected chi connectivity index (χ1v) is 9.46. The molecule has 0 saturated heterocycles. The summed E-state index contributed by atoms with van der Waals surface area (Å²) in [4.78, 5) is 38.4. The average Bonchev–Trinajstić information content (AvgIpc) is 2.68. The number of benzene rings is 2. The van der Waals surface area contributed by atoms with Gasteiger partial charge in [-0.25, -0.2) is 4.39 Å². The molecule has 29 heavy (non-hydrogen) atoms. The van der Waals surface area contributed by atoms with Crippen LogP contribution in [0.2, 0.25) is 0 Å². The van der Waals surface area contributed by atoms with Gasteiger partial charge < -0.3 is 0 Å². The molecule has 0 fully saturated rings. The van der Waals surface area contributed by atoms with Crippen LogP contribution in [0.5, 0.6) is 0 Å². The summed E-state index contributed by atoms with van der Waals surface area (Å²) in [7, 11) is 0. The van der Waals surface area contributed by atoms with E-state index in [1.54, 1.807) is 31.2 Å². The molecule has 0 radical (unpaired) electrons. The van der Waals surface area contributed by atoms with E-state index in [9.17, 15) is 24.1 Å². The Morgan fingerprint density at radius 1 is 1.14 bits per heavy atom. The summed E-state index contributed by atoms with van der Waals surface area (Å²) in [6, 6.07) is 10.6. The quantitative estimate of drug-likeness (QED) is 0.564. The van der Waals surface area contributed by atoms with Crippen LogP contribution in [0, 0.1) is 22.9 Å². The van der Waals surface area contributed by atoms with Crippen LogP contribution in [0.3, 0.4) is 0 Å². The first-order chi connectivity index (χ1) is 13.9. The van der Waals surface area contributed by atoms with Crippen molar-refractivity contribution in [3.05, 3.63) is 80.8 Å². The number of anilines is 1. The van der Waals surface area contributed by atoms with E-state index in [0.29, 0.717) is 41.7 Å². The van der Waals surface area contributed by atoms with E-state index in [1.165, 1.54) is 23.1 Å². The molecule has 0 bridgehead atoms. The Morgan fingerprint density at radius 2 is 1.93 bits per heavy atom. The van der Waals surface area contributed by atoms with Gasteiger partial charge in [-0.2, -0.15) is 0 Å². The van der Waals surface area contributed by atoms with Crippen molar-refractivity contribution >= 4 is 23.1 Å². The average molecular weight is 394 g/mol. The second-order valence-corrected chi connectivity index (χ2v) is 7.43. The monoisotopic (exact) mass is 394 g/mol. The van der Waals surface area contributed by atoms with Crippen molar-refractivity contribution < 1.29 is 18.9 Å². The summed E-state index contributed by atoms with van der Waals surface area (Å²) in [6.07, 6.45) is 1.34. The van der Waals surface area contributed by atoms with E-state index in [4.69, 9.17) is 0 Å². The lowest BCUT2D eigenvalue weighted by molar-refractivity contribution is -0.384. The van der Waals surface area contributed by atoms with Gasteiger partial charge in [-0.15, -0.1) is 0 Å². The maximum Gasteiger partial charge on any atom is 0.293 e. The standard InChI is InChI=1S/C22H19FN2O4/c1-13-8-9-17(19(10-13)25(28)29)24-18-6-3-7-20(26)22(18)16(12-21(24)27)14-4-2-5-15(23)11-14/h2,4-5,8-11,16H,3,6-7,12H2,1H3. The van der Waals surface area contributed by atoms with Crippen molar-refractivity contribution in [3.8, 4) is 0 Å². The zero-order valence-corrected chi connectivity index (χ0v) is 15.9. The van der Waals surface area contributed by atoms with Crippen molar-refractivity contribution in [1.29, 1.82) is 0 Å². The van der Waals surface area contributed by atoms with Gasteiger partial charge in [0.2, 0.25) is 5.91 Å². The van der Waals surface area contributed by atoms with Gasteiger partial charge in [-0.3, -0.25) is 24.6 Å². The third-order valence-electron chi connectivity index (χ3n) is 5.49. The van der Waals surface area contributed by atoms with E-state index in [1.807, 2.05) is 0 Å². The number of Topliss-reactive ketones (excluding diaryl/α,β-unsaturated/α-hetero) is 1. The minimum absolute atomic E-state index is 0.0426. The fraction of sp³-hybridized carbons (Fsp3) is 0.273. The molecule has 1 aliphatic carbocycles. The predicted molar refractivity (Wildman–Crippen MR) is 105 cm³/mol. The number of hydrogen-bond acceptors (Lipinski definition) is 4. The SMILES string of the molecule is Cc1ccc(N2C(=O)CC(c3cccc(F)c3)C3=C2CCCC3=O)c([N+](=O)[O-])c1. The number of allylic oxidation sites excluding steroid dienone is 2. The number of aryl methyl sites for hydroxylation is 1. The molecule has 2 aromatic rings. The fourth-order valence-electron chi connectivity index (χ4n) is 4.25. The maximum atomic E-state index is 13.8. The molecule has 1 amide bonds. The molecule has 0 N–H and O–H groups in total. The highest BCUT2D eigenvalue weighted by Gasteiger charge is 2.41. The number of carbonyl (C=O) groups is 2. The molecule has 0 spiro atoms. The summed E-state index contributed by atoms with van der Waals surface area (Å²) in [5.41, 5.74) is 2.24. The highest BCUT2D eigenvalue weighted by molar-refractivity contribution is 6.08. The Hall–Kier alpha value is -3.35. The van der Waals surface area contributed by atoms with Gasteiger partial charge >= 0.3 is 0 Å².